The maximum Gasteiger partial charge on any atom is 0.265 e. The van der Waals surface area contributed by atoms with Gasteiger partial charge in [-0.15, -0.1) is 10.2 Å². The number of aliphatic hydroxyl groups excluding tert-OH is 1. The zero-order valence-corrected chi connectivity index (χ0v) is 22.2. The fourth-order valence-electron chi connectivity index (χ4n) is 3.92. The molecule has 11 nitrogen and oxygen atoms in total. The van der Waals surface area contributed by atoms with E-state index >= 15 is 0 Å². The third-order valence-electron chi connectivity index (χ3n) is 5.47. The first-order chi connectivity index (χ1) is 18.2. The first-order valence-corrected chi connectivity index (χ1v) is 13.2. The minimum atomic E-state index is -4.25. The summed E-state index contributed by atoms with van der Waals surface area (Å²) >= 11 is 0. The lowest BCUT2D eigenvalue weighted by Crippen LogP contribution is -2.20. The van der Waals surface area contributed by atoms with Crippen molar-refractivity contribution in [2.75, 3.05) is 25.0 Å². The Bertz CT molecular complexity index is 1490. The van der Waals surface area contributed by atoms with Crippen LogP contribution in [0.5, 0.6) is 23.0 Å². The van der Waals surface area contributed by atoms with Crippen LogP contribution in [0.3, 0.4) is 0 Å². The second-order valence-electron chi connectivity index (χ2n) is 9.24. The molecular formula is C26H29N5O6S. The molecule has 0 bridgehead atoms. The lowest BCUT2D eigenvalue weighted by molar-refractivity contribution is 0.194. The van der Waals surface area contributed by atoms with Gasteiger partial charge in [0.1, 0.15) is 11.5 Å². The number of nitrogens with one attached hydrogen (secondary N) is 2. The SMILES string of the molecule is COc1ccccc1Oc1c(S(=O)(=O)Nc2ccccc2)cc(-c2nn[nH]n2)c(C(C)(C)C)c1OCCO. The van der Waals surface area contributed by atoms with E-state index in [0.29, 0.717) is 22.6 Å². The van der Waals surface area contributed by atoms with Crippen LogP contribution in [0.1, 0.15) is 26.3 Å². The number of aromatic nitrogens is 4. The largest absolute Gasteiger partial charge is 0.493 e. The molecule has 0 aliphatic rings. The van der Waals surface area contributed by atoms with E-state index < -0.39 is 15.4 Å². The van der Waals surface area contributed by atoms with Gasteiger partial charge in [0.15, 0.2) is 23.0 Å². The number of sulfonamides is 1. The molecule has 0 saturated heterocycles. The molecule has 0 spiro atoms. The van der Waals surface area contributed by atoms with Crippen LogP contribution >= 0.6 is 0 Å². The Morgan fingerprint density at radius 1 is 1.00 bits per heavy atom. The van der Waals surface area contributed by atoms with Crippen molar-refractivity contribution in [3.05, 3.63) is 66.2 Å². The van der Waals surface area contributed by atoms with Gasteiger partial charge in [-0.3, -0.25) is 4.72 Å². The second kappa shape index (κ2) is 11.1. The van der Waals surface area contributed by atoms with Crippen molar-refractivity contribution in [2.45, 2.75) is 31.1 Å². The minimum Gasteiger partial charge on any atom is -0.493 e. The van der Waals surface area contributed by atoms with Gasteiger partial charge >= 0.3 is 0 Å². The van der Waals surface area contributed by atoms with E-state index in [0.717, 1.165) is 0 Å². The molecular weight excluding hydrogens is 510 g/mol. The first-order valence-electron chi connectivity index (χ1n) is 11.7. The molecule has 0 amide bonds. The Morgan fingerprint density at radius 2 is 1.68 bits per heavy atom. The van der Waals surface area contributed by atoms with Gasteiger partial charge in [0.25, 0.3) is 10.0 Å². The number of hydrogen-bond donors (Lipinski definition) is 3. The Kier molecular flexibility index (Phi) is 7.83. The summed E-state index contributed by atoms with van der Waals surface area (Å²) in [5, 5.41) is 23.9. The highest BCUT2D eigenvalue weighted by molar-refractivity contribution is 7.92. The van der Waals surface area contributed by atoms with Crippen LogP contribution in [0.2, 0.25) is 0 Å². The van der Waals surface area contributed by atoms with Crippen LogP contribution in [-0.4, -0.2) is 54.5 Å². The maximum absolute atomic E-state index is 13.9. The van der Waals surface area contributed by atoms with Crippen LogP contribution in [0.4, 0.5) is 5.69 Å². The molecule has 0 aliphatic heterocycles. The van der Waals surface area contributed by atoms with Crippen molar-refractivity contribution in [1.82, 2.24) is 20.6 Å². The van der Waals surface area contributed by atoms with Gasteiger partial charge in [0.05, 0.1) is 13.7 Å². The highest BCUT2D eigenvalue weighted by atomic mass is 32.2. The number of nitrogens with zero attached hydrogens (tertiary/aromatic N) is 3. The lowest BCUT2D eigenvalue weighted by atomic mass is 9.82. The number of methoxy groups -OCH3 is 1. The Hall–Kier alpha value is -4.16. The van der Waals surface area contributed by atoms with Gasteiger partial charge in [-0.25, -0.2) is 8.42 Å². The van der Waals surface area contributed by atoms with Crippen molar-refractivity contribution in [3.8, 4) is 34.4 Å². The second-order valence-corrected chi connectivity index (χ2v) is 10.9. The molecule has 3 aromatic carbocycles. The van der Waals surface area contributed by atoms with Crippen LogP contribution < -0.4 is 18.9 Å². The van der Waals surface area contributed by atoms with Gasteiger partial charge in [0, 0.05) is 16.8 Å². The third-order valence-corrected chi connectivity index (χ3v) is 6.86. The zero-order valence-electron chi connectivity index (χ0n) is 21.4. The van der Waals surface area contributed by atoms with E-state index in [1.54, 1.807) is 54.6 Å². The monoisotopic (exact) mass is 539 g/mol. The summed E-state index contributed by atoms with van der Waals surface area (Å²) in [4.78, 5) is -0.229. The number of hydrogen-bond acceptors (Lipinski definition) is 9. The van der Waals surface area contributed by atoms with Gasteiger partial charge in [-0.2, -0.15) is 5.21 Å². The third kappa shape index (κ3) is 5.71. The number of aromatic amines is 1. The molecule has 0 fully saturated rings. The van der Waals surface area contributed by atoms with Gasteiger partial charge in [-0.05, 0) is 41.0 Å². The number of para-hydroxylation sites is 3. The summed E-state index contributed by atoms with van der Waals surface area (Å²) in [7, 11) is -2.77. The number of benzene rings is 3. The minimum absolute atomic E-state index is 0.0800. The Labute approximate surface area is 220 Å². The van der Waals surface area contributed by atoms with Gasteiger partial charge in [-0.1, -0.05) is 51.1 Å². The highest BCUT2D eigenvalue weighted by Gasteiger charge is 2.35. The van der Waals surface area contributed by atoms with E-state index in [9.17, 15) is 13.5 Å². The number of H-pyrrole nitrogens is 1. The topological polar surface area (TPSA) is 149 Å². The molecule has 0 unspecified atom stereocenters. The molecule has 4 aromatic rings. The standard InChI is InChI=1S/C26H29N5O6S/c1-26(2,3)22-18(25-27-30-31-28-25)16-21(38(33,34)29-17-10-6-5-7-11-17)23(24(22)36-15-14-32)37-20-13-9-8-12-19(20)35-4/h5-13,16,29,32H,14-15H2,1-4H3,(H,27,28,30,31). The molecule has 0 atom stereocenters. The number of tetrazole rings is 1. The number of rotatable bonds is 10. The summed E-state index contributed by atoms with van der Waals surface area (Å²) in [5.74, 6) is 0.868. The summed E-state index contributed by atoms with van der Waals surface area (Å²) in [5.41, 5.74) is 0.694. The van der Waals surface area contributed by atoms with Gasteiger partial charge in [0.2, 0.25) is 5.82 Å². The molecule has 1 aromatic heterocycles. The Morgan fingerprint density at radius 3 is 2.29 bits per heavy atom. The molecule has 0 radical (unpaired) electrons. The smallest absolute Gasteiger partial charge is 0.265 e. The van der Waals surface area contributed by atoms with Crippen LogP contribution in [-0.2, 0) is 15.4 Å². The van der Waals surface area contributed by atoms with Crippen molar-refractivity contribution in [1.29, 1.82) is 0 Å². The molecule has 0 saturated carbocycles. The predicted molar refractivity (Wildman–Crippen MR) is 141 cm³/mol. The van der Waals surface area contributed by atoms with E-state index in [1.165, 1.54) is 13.2 Å². The lowest BCUT2D eigenvalue weighted by Gasteiger charge is -2.28. The van der Waals surface area contributed by atoms with Crippen molar-refractivity contribution in [3.63, 3.8) is 0 Å². The van der Waals surface area contributed by atoms with Crippen LogP contribution in [0, 0.1) is 0 Å². The summed E-state index contributed by atoms with van der Waals surface area (Å²) < 4.78 is 48.1. The van der Waals surface area contributed by atoms with Crippen molar-refractivity contribution in [2.24, 2.45) is 0 Å². The van der Waals surface area contributed by atoms with E-state index in [2.05, 4.69) is 25.3 Å². The van der Waals surface area contributed by atoms with Crippen LogP contribution in [0.25, 0.3) is 11.4 Å². The summed E-state index contributed by atoms with van der Waals surface area (Å²) in [6.45, 7) is 5.37. The normalized spacial score (nSPS) is 11.7. The zero-order chi connectivity index (χ0) is 27.3. The number of aliphatic hydroxyl groups is 1. The quantitative estimate of drug-likeness (QED) is 0.270. The van der Waals surface area contributed by atoms with Gasteiger partial charge < -0.3 is 19.3 Å². The summed E-state index contributed by atoms with van der Waals surface area (Å²) in [6, 6.07) is 16.8. The molecule has 4 rings (SSSR count). The Balaban J connectivity index is 2.06. The van der Waals surface area contributed by atoms with Crippen molar-refractivity contribution >= 4 is 15.7 Å². The molecule has 12 heteroatoms. The van der Waals surface area contributed by atoms with E-state index in [1.807, 2.05) is 20.8 Å². The van der Waals surface area contributed by atoms with E-state index in [-0.39, 0.29) is 41.2 Å². The maximum atomic E-state index is 13.9. The highest BCUT2D eigenvalue weighted by Crippen LogP contribution is 2.50. The average Bonchev–Trinajstić information content (AvgIpc) is 3.42. The summed E-state index contributed by atoms with van der Waals surface area (Å²) in [6.07, 6.45) is 0. The fourth-order valence-corrected chi connectivity index (χ4v) is 5.13. The molecule has 3 N–H and O–H groups in total. The molecule has 1 heterocycles. The van der Waals surface area contributed by atoms with Crippen molar-refractivity contribution < 1.29 is 27.7 Å². The van der Waals surface area contributed by atoms with E-state index in [4.69, 9.17) is 14.2 Å². The van der Waals surface area contributed by atoms with Crippen LogP contribution in [0.15, 0.2) is 65.6 Å². The molecule has 38 heavy (non-hydrogen) atoms. The average molecular weight is 540 g/mol. The number of anilines is 1. The predicted octanol–water partition coefficient (Wildman–Crippen LogP) is 4.14. The molecule has 0 aliphatic carbocycles. The number of ether oxygens (including phenoxy) is 3. The fraction of sp³-hybridized carbons (Fsp3) is 0.269. The molecule has 200 valence electrons. The first kappa shape index (κ1) is 26.9.